The van der Waals surface area contributed by atoms with E-state index >= 15 is 0 Å². The fraction of sp³-hybridized carbons (Fsp3) is 0.429. The normalized spacial score (nSPS) is 16.8. The lowest BCUT2D eigenvalue weighted by atomic mass is 9.70. The van der Waals surface area contributed by atoms with Gasteiger partial charge in [0, 0.05) is 15.1 Å². The van der Waals surface area contributed by atoms with E-state index in [1.54, 1.807) is 22.3 Å². The summed E-state index contributed by atoms with van der Waals surface area (Å²) < 4.78 is 0. The van der Waals surface area contributed by atoms with Crippen LogP contribution in [0, 0.1) is 22.7 Å². The van der Waals surface area contributed by atoms with Crippen LogP contribution in [0.4, 0.5) is 0 Å². The predicted molar refractivity (Wildman–Crippen MR) is 233 cm³/mol. The highest BCUT2D eigenvalue weighted by Crippen LogP contribution is 2.46. The van der Waals surface area contributed by atoms with E-state index in [1.165, 1.54) is 66.3 Å². The van der Waals surface area contributed by atoms with E-state index in [0.29, 0.717) is 28.6 Å². The summed E-state index contributed by atoms with van der Waals surface area (Å²) >= 11 is 17.9. The van der Waals surface area contributed by atoms with E-state index in [1.807, 2.05) is 36.4 Å². The van der Waals surface area contributed by atoms with E-state index in [-0.39, 0.29) is 0 Å². The van der Waals surface area contributed by atoms with Gasteiger partial charge >= 0.3 is 0 Å². The zero-order chi connectivity index (χ0) is 38.2. The lowest BCUT2D eigenvalue weighted by molar-refractivity contribution is 0.313. The first kappa shape index (κ1) is 42.0. The van der Waals surface area contributed by atoms with Crippen molar-refractivity contribution >= 4 is 45.9 Å². The summed E-state index contributed by atoms with van der Waals surface area (Å²) in [5, 5.41) is 2.42. The summed E-state index contributed by atoms with van der Waals surface area (Å²) in [4.78, 5) is 0. The minimum Gasteiger partial charge on any atom is -0.0843 e. The van der Waals surface area contributed by atoms with E-state index in [4.69, 9.17) is 34.8 Å². The smallest absolute Gasteiger partial charge is 0.0406 e. The molecule has 0 nitrogen and oxygen atoms in total. The quantitative estimate of drug-likeness (QED) is 0.184. The van der Waals surface area contributed by atoms with Gasteiger partial charge in [0.1, 0.15) is 0 Å². The maximum absolute atomic E-state index is 5.99. The molecule has 52 heavy (non-hydrogen) atoms. The Kier molecular flexibility index (Phi) is 14.9. The number of hydrogen-bond acceptors (Lipinski definition) is 0. The van der Waals surface area contributed by atoms with Gasteiger partial charge in [0.2, 0.25) is 0 Å². The van der Waals surface area contributed by atoms with Crippen LogP contribution in [-0.4, -0.2) is 0 Å². The molecule has 0 heterocycles. The van der Waals surface area contributed by atoms with Crippen LogP contribution in [0.1, 0.15) is 130 Å². The Labute approximate surface area is 331 Å². The van der Waals surface area contributed by atoms with Crippen molar-refractivity contribution in [2.75, 3.05) is 0 Å². The fourth-order valence-corrected chi connectivity index (χ4v) is 8.02. The molecule has 6 rings (SSSR count). The highest BCUT2D eigenvalue weighted by Gasteiger charge is 2.29. The molecule has 3 heteroatoms. The number of benzene rings is 4. The molecule has 0 aliphatic heterocycles. The Morgan fingerprint density at radius 1 is 0.442 bits per heavy atom. The van der Waals surface area contributed by atoms with Crippen molar-refractivity contribution in [1.29, 1.82) is 0 Å². The third kappa shape index (κ3) is 11.9. The minimum absolute atomic E-state index is 0.424. The van der Waals surface area contributed by atoms with Gasteiger partial charge in [-0.25, -0.2) is 0 Å². The van der Waals surface area contributed by atoms with Crippen LogP contribution in [0.2, 0.25) is 15.1 Å². The molecular weight excluding hydrogens is 695 g/mol. The molecule has 0 saturated carbocycles. The molecule has 0 bridgehead atoms. The monoisotopic (exact) mass is 754 g/mol. The summed E-state index contributed by atoms with van der Waals surface area (Å²) in [7, 11) is 0. The SMILES string of the molecule is CC(C)C1=C(c2ccc(Cl)cc2)CC(C)(C)CC1.CC(C)C1=C(c2ccc(Cl)cc2)CCC(C)(C)C1.CC(C)c1ccccc1-c1ccc(Cl)cc1. The molecule has 0 radical (unpaired) electrons. The molecule has 4 aromatic rings. The van der Waals surface area contributed by atoms with E-state index in [0.717, 1.165) is 15.1 Å². The molecule has 2 aliphatic carbocycles. The summed E-state index contributed by atoms with van der Waals surface area (Å²) in [6.07, 6.45) is 7.42. The van der Waals surface area contributed by atoms with Crippen LogP contribution in [-0.2, 0) is 0 Å². The van der Waals surface area contributed by atoms with Crippen molar-refractivity contribution in [3.8, 4) is 11.1 Å². The van der Waals surface area contributed by atoms with Crippen LogP contribution >= 0.6 is 34.8 Å². The molecule has 2 aliphatic rings. The Bertz CT molecular complexity index is 1800. The molecule has 0 fully saturated rings. The summed E-state index contributed by atoms with van der Waals surface area (Å²) in [5.41, 5.74) is 13.9. The second-order valence-corrected chi connectivity index (χ2v) is 18.6. The number of halogens is 3. The summed E-state index contributed by atoms with van der Waals surface area (Å²) in [6.45, 7) is 23.2. The first-order valence-corrected chi connectivity index (χ1v) is 20.4. The van der Waals surface area contributed by atoms with E-state index in [2.05, 4.69) is 130 Å². The van der Waals surface area contributed by atoms with Gasteiger partial charge < -0.3 is 0 Å². The number of rotatable bonds is 6. The van der Waals surface area contributed by atoms with Gasteiger partial charge in [-0.15, -0.1) is 0 Å². The van der Waals surface area contributed by atoms with Crippen molar-refractivity contribution in [1.82, 2.24) is 0 Å². The zero-order valence-corrected chi connectivity index (χ0v) is 35.6. The Hall–Kier alpha value is -2.77. The minimum atomic E-state index is 0.424. The average molecular weight is 756 g/mol. The van der Waals surface area contributed by atoms with Crippen molar-refractivity contribution < 1.29 is 0 Å². The van der Waals surface area contributed by atoms with Crippen LogP contribution in [0.3, 0.4) is 0 Å². The molecule has 0 amide bonds. The van der Waals surface area contributed by atoms with Gasteiger partial charge in [-0.2, -0.15) is 0 Å². The predicted octanol–water partition coefficient (Wildman–Crippen LogP) is 17.0. The third-order valence-corrected chi connectivity index (χ3v) is 11.5. The molecular formula is C49H61Cl3. The van der Waals surface area contributed by atoms with Crippen LogP contribution in [0.15, 0.2) is 108 Å². The van der Waals surface area contributed by atoms with Crippen LogP contribution in [0.25, 0.3) is 22.3 Å². The molecule has 4 aromatic carbocycles. The van der Waals surface area contributed by atoms with Gasteiger partial charge in [-0.05, 0) is 142 Å². The molecule has 0 unspecified atom stereocenters. The molecule has 0 aromatic heterocycles. The van der Waals surface area contributed by atoms with E-state index < -0.39 is 0 Å². The topological polar surface area (TPSA) is 0 Å². The average Bonchev–Trinajstić information content (AvgIpc) is 3.09. The first-order valence-electron chi connectivity index (χ1n) is 19.3. The zero-order valence-electron chi connectivity index (χ0n) is 33.3. The fourth-order valence-electron chi connectivity index (χ4n) is 7.64. The van der Waals surface area contributed by atoms with Gasteiger partial charge in [-0.1, -0.05) is 176 Å². The van der Waals surface area contributed by atoms with Gasteiger partial charge in [0.15, 0.2) is 0 Å². The molecule has 0 spiro atoms. The standard InChI is InChI=1S/2C17H23Cl.C15H15Cl/c1-12(2)16-11-17(3,4)10-9-15(16)13-5-7-14(18)8-6-13;1-12(2)15-9-10-17(3,4)11-16(15)13-5-7-14(18)8-6-13;1-11(2)14-5-3-4-6-15(14)12-7-9-13(16)10-8-12/h2*5-8,12H,9-11H2,1-4H3;3-11H,1-2H3. The Balaban J connectivity index is 0.000000175. The second kappa shape index (κ2) is 18.5. The first-order chi connectivity index (χ1) is 24.5. The number of allylic oxidation sites excluding steroid dienone is 4. The number of hydrogen-bond donors (Lipinski definition) is 0. The van der Waals surface area contributed by atoms with Gasteiger partial charge in [0.25, 0.3) is 0 Å². The Morgan fingerprint density at radius 3 is 1.35 bits per heavy atom. The van der Waals surface area contributed by atoms with Gasteiger partial charge in [0.05, 0.1) is 0 Å². The van der Waals surface area contributed by atoms with Crippen molar-refractivity contribution in [2.24, 2.45) is 22.7 Å². The largest absolute Gasteiger partial charge is 0.0843 e. The molecule has 278 valence electrons. The second-order valence-electron chi connectivity index (χ2n) is 17.3. The highest BCUT2D eigenvalue weighted by atomic mass is 35.5. The molecule has 0 N–H and O–H groups in total. The van der Waals surface area contributed by atoms with Crippen LogP contribution in [0.5, 0.6) is 0 Å². The van der Waals surface area contributed by atoms with E-state index in [9.17, 15) is 0 Å². The third-order valence-electron chi connectivity index (χ3n) is 10.7. The highest BCUT2D eigenvalue weighted by molar-refractivity contribution is 6.31. The van der Waals surface area contributed by atoms with Crippen molar-refractivity contribution in [3.63, 3.8) is 0 Å². The molecule has 0 saturated heterocycles. The maximum Gasteiger partial charge on any atom is 0.0406 e. The van der Waals surface area contributed by atoms with Crippen molar-refractivity contribution in [2.45, 2.75) is 114 Å². The summed E-state index contributed by atoms with van der Waals surface area (Å²) in [6, 6.07) is 33.2. The van der Waals surface area contributed by atoms with Gasteiger partial charge in [-0.3, -0.25) is 0 Å². The Morgan fingerprint density at radius 2 is 0.865 bits per heavy atom. The van der Waals surface area contributed by atoms with Crippen molar-refractivity contribution in [3.05, 3.63) is 140 Å². The lowest BCUT2D eigenvalue weighted by Gasteiger charge is -2.35. The lowest BCUT2D eigenvalue weighted by Crippen LogP contribution is -2.20. The molecule has 0 atom stereocenters. The summed E-state index contributed by atoms with van der Waals surface area (Å²) in [5.74, 6) is 1.81. The maximum atomic E-state index is 5.99. The van der Waals surface area contributed by atoms with Crippen LogP contribution < -0.4 is 0 Å².